The van der Waals surface area contributed by atoms with Crippen molar-refractivity contribution in [2.24, 2.45) is 0 Å². The maximum absolute atomic E-state index is 13.6. The summed E-state index contributed by atoms with van der Waals surface area (Å²) in [7, 11) is 2.00. The standard InChI is InChI=1S/C16H22FNO2/c1-3-20-11-9-18(2)13-14-7-8-16(17)15(12-14)6-4-5-10-19/h7-8,12,19H,3,5,9-11,13H2,1-2H3. The van der Waals surface area contributed by atoms with E-state index in [4.69, 9.17) is 9.84 Å². The van der Waals surface area contributed by atoms with E-state index in [1.54, 1.807) is 12.1 Å². The smallest absolute Gasteiger partial charge is 0.138 e. The van der Waals surface area contributed by atoms with E-state index in [2.05, 4.69) is 16.7 Å². The van der Waals surface area contributed by atoms with E-state index in [1.165, 1.54) is 6.07 Å². The van der Waals surface area contributed by atoms with Crippen LogP contribution in [-0.2, 0) is 11.3 Å². The fraction of sp³-hybridized carbons (Fsp3) is 0.500. The zero-order valence-electron chi connectivity index (χ0n) is 12.2. The van der Waals surface area contributed by atoms with Crippen LogP contribution in [0.25, 0.3) is 0 Å². The van der Waals surface area contributed by atoms with Gasteiger partial charge in [-0.15, -0.1) is 0 Å². The number of rotatable bonds is 7. The summed E-state index contributed by atoms with van der Waals surface area (Å²) in [6, 6.07) is 4.97. The zero-order chi connectivity index (χ0) is 14.8. The fourth-order valence-electron chi connectivity index (χ4n) is 1.74. The Kier molecular flexibility index (Phi) is 7.89. The number of hydrogen-bond acceptors (Lipinski definition) is 3. The van der Waals surface area contributed by atoms with Crippen LogP contribution in [0.15, 0.2) is 18.2 Å². The highest BCUT2D eigenvalue weighted by molar-refractivity contribution is 5.38. The fourth-order valence-corrected chi connectivity index (χ4v) is 1.74. The van der Waals surface area contributed by atoms with E-state index in [-0.39, 0.29) is 12.4 Å². The second kappa shape index (κ2) is 9.49. The van der Waals surface area contributed by atoms with Crippen LogP contribution in [-0.4, -0.2) is 43.4 Å². The van der Waals surface area contributed by atoms with Crippen molar-refractivity contribution < 1.29 is 14.2 Å². The highest BCUT2D eigenvalue weighted by atomic mass is 19.1. The van der Waals surface area contributed by atoms with Crippen LogP contribution in [0.2, 0.25) is 0 Å². The van der Waals surface area contributed by atoms with Crippen molar-refractivity contribution in [3.8, 4) is 11.8 Å². The first-order chi connectivity index (χ1) is 9.67. The lowest BCUT2D eigenvalue weighted by Gasteiger charge is -2.16. The number of aliphatic hydroxyl groups is 1. The first kappa shape index (κ1) is 16.6. The summed E-state index contributed by atoms with van der Waals surface area (Å²) in [4.78, 5) is 2.12. The predicted molar refractivity (Wildman–Crippen MR) is 77.8 cm³/mol. The quantitative estimate of drug-likeness (QED) is 0.612. The van der Waals surface area contributed by atoms with Crippen LogP contribution in [0, 0.1) is 17.7 Å². The van der Waals surface area contributed by atoms with Crippen molar-refractivity contribution in [3.63, 3.8) is 0 Å². The van der Waals surface area contributed by atoms with Gasteiger partial charge in [-0.05, 0) is 31.7 Å². The highest BCUT2D eigenvalue weighted by Gasteiger charge is 2.04. The number of hydrogen-bond donors (Lipinski definition) is 1. The van der Waals surface area contributed by atoms with E-state index in [9.17, 15) is 4.39 Å². The molecule has 0 aromatic heterocycles. The first-order valence-corrected chi connectivity index (χ1v) is 6.81. The van der Waals surface area contributed by atoms with Crippen LogP contribution in [0.5, 0.6) is 0 Å². The minimum atomic E-state index is -0.323. The number of halogens is 1. The van der Waals surface area contributed by atoms with Crippen LogP contribution in [0.4, 0.5) is 4.39 Å². The Morgan fingerprint density at radius 3 is 2.90 bits per heavy atom. The molecule has 0 aliphatic rings. The molecule has 0 unspecified atom stereocenters. The minimum Gasteiger partial charge on any atom is -0.395 e. The molecule has 1 aromatic carbocycles. The Balaban J connectivity index is 2.63. The Bertz CT molecular complexity index is 465. The minimum absolute atomic E-state index is 0.00548. The SMILES string of the molecule is CCOCCN(C)Cc1ccc(F)c(C#CCCO)c1. The lowest BCUT2D eigenvalue weighted by Crippen LogP contribution is -2.22. The second-order valence-electron chi connectivity index (χ2n) is 4.52. The van der Waals surface area contributed by atoms with E-state index >= 15 is 0 Å². The van der Waals surface area contributed by atoms with Gasteiger partial charge in [0.05, 0.1) is 18.8 Å². The van der Waals surface area contributed by atoms with Crippen molar-refractivity contribution in [3.05, 3.63) is 35.1 Å². The molecule has 110 valence electrons. The topological polar surface area (TPSA) is 32.7 Å². The average molecular weight is 279 g/mol. The average Bonchev–Trinajstić information content (AvgIpc) is 2.43. The Labute approximate surface area is 120 Å². The molecule has 0 heterocycles. The van der Waals surface area contributed by atoms with Gasteiger partial charge in [0.1, 0.15) is 5.82 Å². The molecule has 0 fully saturated rings. The lowest BCUT2D eigenvalue weighted by atomic mass is 10.1. The van der Waals surface area contributed by atoms with E-state index in [0.717, 1.165) is 25.3 Å². The maximum atomic E-state index is 13.6. The number of nitrogens with zero attached hydrogens (tertiary/aromatic N) is 1. The summed E-state index contributed by atoms with van der Waals surface area (Å²) in [6.07, 6.45) is 0.359. The molecule has 0 saturated heterocycles. The van der Waals surface area contributed by atoms with Gasteiger partial charge in [0.15, 0.2) is 0 Å². The van der Waals surface area contributed by atoms with Crippen molar-refractivity contribution in [2.75, 3.05) is 33.4 Å². The predicted octanol–water partition coefficient (Wildman–Crippen LogP) is 2.03. The van der Waals surface area contributed by atoms with Gasteiger partial charge in [0.2, 0.25) is 0 Å². The van der Waals surface area contributed by atoms with E-state index < -0.39 is 0 Å². The zero-order valence-corrected chi connectivity index (χ0v) is 12.2. The Morgan fingerprint density at radius 1 is 1.40 bits per heavy atom. The molecule has 0 spiro atoms. The molecule has 0 aliphatic carbocycles. The molecule has 1 rings (SSSR count). The van der Waals surface area contributed by atoms with Crippen LogP contribution in [0.1, 0.15) is 24.5 Å². The summed E-state index contributed by atoms with van der Waals surface area (Å²) >= 11 is 0. The number of likely N-dealkylation sites (N-methyl/N-ethyl adjacent to an activating group) is 1. The van der Waals surface area contributed by atoms with Gasteiger partial charge in [-0.3, -0.25) is 4.90 Å². The third kappa shape index (κ3) is 6.16. The molecule has 3 nitrogen and oxygen atoms in total. The molecular formula is C16H22FNO2. The molecular weight excluding hydrogens is 257 g/mol. The highest BCUT2D eigenvalue weighted by Crippen LogP contribution is 2.11. The molecule has 0 aliphatic heterocycles. The van der Waals surface area contributed by atoms with Crippen molar-refractivity contribution in [1.29, 1.82) is 0 Å². The molecule has 0 amide bonds. The monoisotopic (exact) mass is 279 g/mol. The summed E-state index contributed by atoms with van der Waals surface area (Å²) in [5.41, 5.74) is 1.40. The normalized spacial score (nSPS) is 10.4. The van der Waals surface area contributed by atoms with Crippen molar-refractivity contribution in [1.82, 2.24) is 4.90 Å². The van der Waals surface area contributed by atoms with E-state index in [1.807, 2.05) is 14.0 Å². The van der Waals surface area contributed by atoms with E-state index in [0.29, 0.717) is 18.6 Å². The molecule has 20 heavy (non-hydrogen) atoms. The van der Waals surface area contributed by atoms with Gasteiger partial charge in [-0.25, -0.2) is 4.39 Å². The molecule has 4 heteroatoms. The van der Waals surface area contributed by atoms with Gasteiger partial charge >= 0.3 is 0 Å². The maximum Gasteiger partial charge on any atom is 0.138 e. The summed E-state index contributed by atoms with van der Waals surface area (Å²) in [5, 5.41) is 8.68. The van der Waals surface area contributed by atoms with Gasteiger partial charge < -0.3 is 9.84 Å². The summed E-state index contributed by atoms with van der Waals surface area (Å²) in [5.74, 6) is 5.17. The molecule has 1 aromatic rings. The van der Waals surface area contributed by atoms with Crippen molar-refractivity contribution in [2.45, 2.75) is 19.9 Å². The molecule has 0 bridgehead atoms. The third-order valence-corrected chi connectivity index (χ3v) is 2.76. The van der Waals surface area contributed by atoms with Gasteiger partial charge in [-0.1, -0.05) is 17.9 Å². The molecule has 1 N–H and O–H groups in total. The molecule has 0 atom stereocenters. The van der Waals surface area contributed by atoms with Crippen LogP contribution >= 0.6 is 0 Å². The largest absolute Gasteiger partial charge is 0.395 e. The van der Waals surface area contributed by atoms with Crippen LogP contribution < -0.4 is 0 Å². The van der Waals surface area contributed by atoms with Gasteiger partial charge in [0, 0.05) is 26.1 Å². The lowest BCUT2D eigenvalue weighted by molar-refractivity contribution is 0.120. The van der Waals surface area contributed by atoms with Crippen LogP contribution in [0.3, 0.4) is 0 Å². The first-order valence-electron chi connectivity index (χ1n) is 6.81. The third-order valence-electron chi connectivity index (χ3n) is 2.76. The Morgan fingerprint density at radius 2 is 2.20 bits per heavy atom. The number of benzene rings is 1. The van der Waals surface area contributed by atoms with Gasteiger partial charge in [-0.2, -0.15) is 0 Å². The second-order valence-corrected chi connectivity index (χ2v) is 4.52. The molecule has 0 radical (unpaired) electrons. The van der Waals surface area contributed by atoms with Crippen molar-refractivity contribution >= 4 is 0 Å². The summed E-state index contributed by atoms with van der Waals surface area (Å²) in [6.45, 7) is 4.93. The Hall–Kier alpha value is -1.41. The number of aliphatic hydroxyl groups excluding tert-OH is 1. The summed E-state index contributed by atoms with van der Waals surface area (Å²) < 4.78 is 18.9. The molecule has 0 saturated carbocycles. The van der Waals surface area contributed by atoms with Gasteiger partial charge in [0.25, 0.3) is 0 Å². The number of ether oxygens (including phenoxy) is 1.